The van der Waals surface area contributed by atoms with Gasteiger partial charge in [0.05, 0.1) is 19.8 Å². The Labute approximate surface area is 153 Å². The van der Waals surface area contributed by atoms with Gasteiger partial charge in [-0.2, -0.15) is 0 Å². The summed E-state index contributed by atoms with van der Waals surface area (Å²) in [5.41, 5.74) is 1.81. The van der Waals surface area contributed by atoms with Crippen LogP contribution in [-0.4, -0.2) is 31.8 Å². The van der Waals surface area contributed by atoms with Gasteiger partial charge < -0.3 is 14.2 Å². The summed E-state index contributed by atoms with van der Waals surface area (Å²) < 4.78 is 16.5. The van der Waals surface area contributed by atoms with Crippen molar-refractivity contribution in [1.29, 1.82) is 0 Å². The molecular formula is C21H23NO4. The normalized spacial score (nSPS) is 24.8. The van der Waals surface area contributed by atoms with Crippen molar-refractivity contribution in [2.45, 2.75) is 30.9 Å². The predicted octanol–water partition coefficient (Wildman–Crippen LogP) is 4.28. The van der Waals surface area contributed by atoms with E-state index in [9.17, 15) is 4.79 Å². The summed E-state index contributed by atoms with van der Waals surface area (Å²) in [4.78, 5) is 14.7. The molecule has 1 amide bonds. The maximum absolute atomic E-state index is 12.8. The molecule has 136 valence electrons. The third-order valence-electron chi connectivity index (χ3n) is 5.57. The van der Waals surface area contributed by atoms with Crippen LogP contribution >= 0.6 is 0 Å². The van der Waals surface area contributed by atoms with Crippen molar-refractivity contribution in [2.75, 3.05) is 20.8 Å². The van der Waals surface area contributed by atoms with E-state index in [2.05, 4.69) is 12.1 Å². The highest BCUT2D eigenvalue weighted by Gasteiger charge is 2.51. The van der Waals surface area contributed by atoms with Crippen LogP contribution in [0.25, 0.3) is 0 Å². The number of methoxy groups -OCH3 is 2. The number of ether oxygens (including phenoxy) is 3. The van der Waals surface area contributed by atoms with Crippen molar-refractivity contribution >= 4 is 6.09 Å². The molecule has 0 aliphatic carbocycles. The second-order valence-electron chi connectivity index (χ2n) is 6.84. The molecule has 0 N–H and O–H groups in total. The Morgan fingerprint density at radius 2 is 1.85 bits per heavy atom. The molecule has 2 saturated heterocycles. The van der Waals surface area contributed by atoms with Gasteiger partial charge in [-0.1, -0.05) is 36.4 Å². The smallest absolute Gasteiger partial charge is 0.411 e. The SMILES string of the molecule is COc1ccc([C@@H]2C[C@]3(c4ccccc4)CCCN3C(=O)O2)cc1OC. The van der Waals surface area contributed by atoms with Crippen LogP contribution in [0.1, 0.15) is 36.5 Å². The molecular weight excluding hydrogens is 330 g/mol. The molecule has 0 spiro atoms. The number of hydrogen-bond donors (Lipinski definition) is 0. The Balaban J connectivity index is 1.73. The Kier molecular flexibility index (Phi) is 4.23. The van der Waals surface area contributed by atoms with Gasteiger partial charge in [0.2, 0.25) is 0 Å². The minimum atomic E-state index is -0.308. The van der Waals surface area contributed by atoms with Crippen molar-refractivity contribution in [3.8, 4) is 11.5 Å². The van der Waals surface area contributed by atoms with Crippen LogP contribution in [0.2, 0.25) is 0 Å². The zero-order valence-corrected chi connectivity index (χ0v) is 15.1. The predicted molar refractivity (Wildman–Crippen MR) is 97.4 cm³/mol. The van der Waals surface area contributed by atoms with E-state index in [4.69, 9.17) is 14.2 Å². The standard InChI is InChI=1S/C21H23NO4/c1-24-17-10-9-15(13-18(17)25-2)19-14-21(16-7-4-3-5-8-16)11-6-12-22(21)20(23)26-19/h3-5,7-10,13,19H,6,11-12,14H2,1-2H3/t19-,21-/m0/s1. The van der Waals surface area contributed by atoms with Crippen molar-refractivity contribution in [1.82, 2.24) is 4.90 Å². The molecule has 5 nitrogen and oxygen atoms in total. The van der Waals surface area contributed by atoms with Gasteiger partial charge >= 0.3 is 6.09 Å². The lowest BCUT2D eigenvalue weighted by atomic mass is 9.80. The summed E-state index contributed by atoms with van der Waals surface area (Å²) in [7, 11) is 3.22. The first-order valence-electron chi connectivity index (χ1n) is 8.93. The fourth-order valence-corrected chi connectivity index (χ4v) is 4.30. The summed E-state index contributed by atoms with van der Waals surface area (Å²) in [6.45, 7) is 0.742. The molecule has 2 heterocycles. The molecule has 2 atom stereocenters. The van der Waals surface area contributed by atoms with E-state index >= 15 is 0 Å². The molecule has 0 radical (unpaired) electrons. The van der Waals surface area contributed by atoms with Gasteiger partial charge in [0.25, 0.3) is 0 Å². The maximum Gasteiger partial charge on any atom is 0.411 e. The van der Waals surface area contributed by atoms with Gasteiger partial charge in [-0.25, -0.2) is 4.79 Å². The molecule has 26 heavy (non-hydrogen) atoms. The van der Waals surface area contributed by atoms with Crippen LogP contribution in [0, 0.1) is 0 Å². The lowest BCUT2D eigenvalue weighted by Gasteiger charge is -2.45. The highest BCUT2D eigenvalue weighted by molar-refractivity contribution is 5.71. The molecule has 0 unspecified atom stereocenters. The van der Waals surface area contributed by atoms with Crippen molar-refractivity contribution in [3.63, 3.8) is 0 Å². The first kappa shape index (κ1) is 16.8. The first-order chi connectivity index (χ1) is 12.7. The zero-order valence-electron chi connectivity index (χ0n) is 15.1. The molecule has 0 aromatic heterocycles. The highest BCUT2D eigenvalue weighted by Crippen LogP contribution is 2.50. The number of hydrogen-bond acceptors (Lipinski definition) is 4. The number of cyclic esters (lactones) is 1. The molecule has 2 aliphatic rings. The Morgan fingerprint density at radius 3 is 2.58 bits per heavy atom. The summed E-state index contributed by atoms with van der Waals surface area (Å²) in [5.74, 6) is 1.31. The largest absolute Gasteiger partial charge is 0.493 e. The van der Waals surface area contributed by atoms with Crippen molar-refractivity contribution in [2.24, 2.45) is 0 Å². The molecule has 2 aliphatic heterocycles. The van der Waals surface area contributed by atoms with Crippen LogP contribution in [0.5, 0.6) is 11.5 Å². The number of fused-ring (bicyclic) bond motifs is 1. The van der Waals surface area contributed by atoms with Crippen LogP contribution in [0.15, 0.2) is 48.5 Å². The van der Waals surface area contributed by atoms with E-state index in [-0.39, 0.29) is 17.7 Å². The summed E-state index contributed by atoms with van der Waals surface area (Å²) >= 11 is 0. The van der Waals surface area contributed by atoms with Gasteiger partial charge in [0.1, 0.15) is 6.10 Å². The number of amides is 1. The van der Waals surface area contributed by atoms with E-state index < -0.39 is 0 Å². The van der Waals surface area contributed by atoms with Crippen LogP contribution in [-0.2, 0) is 10.3 Å². The molecule has 0 saturated carbocycles. The van der Waals surface area contributed by atoms with E-state index in [1.807, 2.05) is 41.3 Å². The number of rotatable bonds is 4. The van der Waals surface area contributed by atoms with E-state index in [0.29, 0.717) is 11.5 Å². The van der Waals surface area contributed by atoms with Crippen LogP contribution < -0.4 is 9.47 Å². The number of carbonyl (C=O) groups excluding carboxylic acids is 1. The van der Waals surface area contributed by atoms with Gasteiger partial charge in [0, 0.05) is 13.0 Å². The number of benzene rings is 2. The van der Waals surface area contributed by atoms with E-state index in [1.165, 1.54) is 5.56 Å². The summed E-state index contributed by atoms with van der Waals surface area (Å²) in [6, 6.07) is 16.0. The van der Waals surface area contributed by atoms with Gasteiger partial charge in [-0.3, -0.25) is 4.90 Å². The monoisotopic (exact) mass is 353 g/mol. The minimum absolute atomic E-state index is 0.239. The van der Waals surface area contributed by atoms with Crippen LogP contribution in [0.3, 0.4) is 0 Å². The molecule has 0 bridgehead atoms. The molecule has 2 fully saturated rings. The lowest BCUT2D eigenvalue weighted by Crippen LogP contribution is -2.50. The highest BCUT2D eigenvalue weighted by atomic mass is 16.6. The number of nitrogens with zero attached hydrogens (tertiary/aromatic N) is 1. The van der Waals surface area contributed by atoms with Gasteiger partial charge in [-0.05, 0) is 36.1 Å². The fraction of sp³-hybridized carbons (Fsp3) is 0.381. The Morgan fingerprint density at radius 1 is 1.08 bits per heavy atom. The summed E-state index contributed by atoms with van der Waals surface area (Å²) in [5, 5.41) is 0. The quantitative estimate of drug-likeness (QED) is 0.823. The third-order valence-corrected chi connectivity index (χ3v) is 5.57. The van der Waals surface area contributed by atoms with E-state index in [1.54, 1.807) is 14.2 Å². The second kappa shape index (κ2) is 6.56. The third kappa shape index (κ3) is 2.59. The molecule has 4 rings (SSSR count). The Hall–Kier alpha value is -2.69. The lowest BCUT2D eigenvalue weighted by molar-refractivity contribution is -0.0310. The average Bonchev–Trinajstić information content (AvgIpc) is 3.14. The summed E-state index contributed by atoms with van der Waals surface area (Å²) in [6.07, 6.45) is 2.13. The first-order valence-corrected chi connectivity index (χ1v) is 8.93. The van der Waals surface area contributed by atoms with Crippen molar-refractivity contribution < 1.29 is 19.0 Å². The minimum Gasteiger partial charge on any atom is -0.493 e. The molecule has 2 aromatic carbocycles. The van der Waals surface area contributed by atoms with Crippen LogP contribution in [0.4, 0.5) is 4.79 Å². The number of carbonyl (C=O) groups is 1. The molecule has 5 heteroatoms. The average molecular weight is 353 g/mol. The van der Waals surface area contributed by atoms with E-state index in [0.717, 1.165) is 31.4 Å². The van der Waals surface area contributed by atoms with Crippen molar-refractivity contribution in [3.05, 3.63) is 59.7 Å². The maximum atomic E-state index is 12.8. The fourth-order valence-electron chi connectivity index (χ4n) is 4.30. The molecule has 2 aromatic rings. The Bertz CT molecular complexity index is 807. The second-order valence-corrected chi connectivity index (χ2v) is 6.84. The zero-order chi connectivity index (χ0) is 18.1. The van der Waals surface area contributed by atoms with Gasteiger partial charge in [-0.15, -0.1) is 0 Å². The topological polar surface area (TPSA) is 48.0 Å². The van der Waals surface area contributed by atoms with Gasteiger partial charge in [0.15, 0.2) is 11.5 Å².